The highest BCUT2D eigenvalue weighted by atomic mass is 79.9. The van der Waals surface area contributed by atoms with E-state index in [1.165, 1.54) is 0 Å². The Kier molecular flexibility index (Phi) is 4.76. The summed E-state index contributed by atoms with van der Waals surface area (Å²) in [6.07, 6.45) is 0.304. The number of amides is 1. The molecule has 0 saturated carbocycles. The summed E-state index contributed by atoms with van der Waals surface area (Å²) >= 11 is 3.56. The summed E-state index contributed by atoms with van der Waals surface area (Å²) in [6.45, 7) is 5.53. The minimum atomic E-state index is -0.0713. The monoisotopic (exact) mass is 380 g/mol. The highest BCUT2D eigenvalue weighted by Gasteiger charge is 2.11. The van der Waals surface area contributed by atoms with Crippen LogP contribution in [0, 0.1) is 6.92 Å². The number of halogens is 1. The molecule has 0 fully saturated rings. The van der Waals surface area contributed by atoms with Crippen LogP contribution in [0.15, 0.2) is 64.1 Å². The van der Waals surface area contributed by atoms with Gasteiger partial charge in [-0.25, -0.2) is 0 Å². The lowest BCUT2D eigenvalue weighted by molar-refractivity contribution is -0.115. The standard InChI is InChI=1S/C20H17BrN2O/c1-13-6-5-9-18(20(13)22-2)23-19(24)12-14-10-11-17(21)16-8-4-3-7-15(14)16/h3-11H,2,12H2,1H3,(H,23,24). The Hall–Kier alpha value is -2.46. The van der Waals surface area contributed by atoms with Crippen molar-refractivity contribution in [1.82, 2.24) is 0 Å². The molecule has 0 saturated heterocycles. The molecule has 4 heteroatoms. The second-order valence-electron chi connectivity index (χ2n) is 5.61. The average molecular weight is 381 g/mol. The number of aliphatic imine (C=N–C) groups is 1. The maximum Gasteiger partial charge on any atom is 0.228 e. The molecule has 3 nitrogen and oxygen atoms in total. The van der Waals surface area contributed by atoms with Gasteiger partial charge < -0.3 is 5.32 Å². The summed E-state index contributed by atoms with van der Waals surface area (Å²) in [5, 5.41) is 5.13. The molecule has 24 heavy (non-hydrogen) atoms. The van der Waals surface area contributed by atoms with Gasteiger partial charge in [0.15, 0.2) is 0 Å². The molecule has 0 spiro atoms. The predicted octanol–water partition coefficient (Wildman–Crippen LogP) is 5.42. The van der Waals surface area contributed by atoms with Crippen molar-refractivity contribution < 1.29 is 4.79 Å². The number of aryl methyl sites for hydroxylation is 1. The third-order valence-corrected chi connectivity index (χ3v) is 4.67. The predicted molar refractivity (Wildman–Crippen MR) is 104 cm³/mol. The number of anilines is 1. The lowest BCUT2D eigenvalue weighted by Crippen LogP contribution is -2.15. The number of fused-ring (bicyclic) bond motifs is 1. The van der Waals surface area contributed by atoms with E-state index < -0.39 is 0 Å². The van der Waals surface area contributed by atoms with Crippen molar-refractivity contribution in [1.29, 1.82) is 0 Å². The normalized spacial score (nSPS) is 10.6. The zero-order valence-electron chi connectivity index (χ0n) is 13.3. The first kappa shape index (κ1) is 16.4. The number of carbonyl (C=O) groups excluding carboxylic acids is 1. The smallest absolute Gasteiger partial charge is 0.228 e. The van der Waals surface area contributed by atoms with Crippen molar-refractivity contribution in [3.63, 3.8) is 0 Å². The van der Waals surface area contributed by atoms with Gasteiger partial charge in [-0.1, -0.05) is 58.4 Å². The molecule has 3 aromatic carbocycles. The van der Waals surface area contributed by atoms with Gasteiger partial charge in [-0.05, 0) is 47.7 Å². The zero-order valence-corrected chi connectivity index (χ0v) is 14.9. The summed E-state index contributed by atoms with van der Waals surface area (Å²) in [5.74, 6) is -0.0713. The largest absolute Gasteiger partial charge is 0.324 e. The molecule has 0 radical (unpaired) electrons. The van der Waals surface area contributed by atoms with Crippen LogP contribution in [-0.2, 0) is 11.2 Å². The van der Waals surface area contributed by atoms with E-state index in [1.807, 2.05) is 61.5 Å². The number of para-hydroxylation sites is 1. The molecule has 120 valence electrons. The fourth-order valence-electron chi connectivity index (χ4n) is 2.82. The van der Waals surface area contributed by atoms with E-state index >= 15 is 0 Å². The first-order valence-electron chi connectivity index (χ1n) is 7.62. The molecule has 0 aliphatic heterocycles. The van der Waals surface area contributed by atoms with Gasteiger partial charge in [0, 0.05) is 4.47 Å². The Morgan fingerprint density at radius 2 is 1.83 bits per heavy atom. The van der Waals surface area contributed by atoms with Crippen LogP contribution < -0.4 is 5.32 Å². The van der Waals surface area contributed by atoms with E-state index in [4.69, 9.17) is 0 Å². The van der Waals surface area contributed by atoms with Gasteiger partial charge in [0.25, 0.3) is 0 Å². The fourth-order valence-corrected chi connectivity index (χ4v) is 3.29. The van der Waals surface area contributed by atoms with Gasteiger partial charge in [0.2, 0.25) is 5.91 Å². The number of nitrogens with zero attached hydrogens (tertiary/aromatic N) is 1. The van der Waals surface area contributed by atoms with Crippen LogP contribution in [0.2, 0.25) is 0 Å². The number of nitrogens with one attached hydrogen (secondary N) is 1. The van der Waals surface area contributed by atoms with Gasteiger partial charge in [-0.3, -0.25) is 9.79 Å². The quantitative estimate of drug-likeness (QED) is 0.602. The van der Waals surface area contributed by atoms with E-state index in [0.717, 1.165) is 26.4 Å². The summed E-state index contributed by atoms with van der Waals surface area (Å²) in [6, 6.07) is 17.7. The number of hydrogen-bond acceptors (Lipinski definition) is 2. The second kappa shape index (κ2) is 6.97. The summed E-state index contributed by atoms with van der Waals surface area (Å²) < 4.78 is 1.03. The lowest BCUT2D eigenvalue weighted by Gasteiger charge is -2.11. The van der Waals surface area contributed by atoms with Gasteiger partial charge >= 0.3 is 0 Å². The summed E-state index contributed by atoms with van der Waals surface area (Å²) in [5.41, 5.74) is 3.38. The average Bonchev–Trinajstić information content (AvgIpc) is 2.58. The van der Waals surface area contributed by atoms with Crippen LogP contribution >= 0.6 is 15.9 Å². The van der Waals surface area contributed by atoms with Crippen LogP contribution in [0.4, 0.5) is 11.4 Å². The van der Waals surface area contributed by atoms with Crippen molar-refractivity contribution in [3.8, 4) is 0 Å². The summed E-state index contributed by atoms with van der Waals surface area (Å²) in [4.78, 5) is 16.5. The van der Waals surface area contributed by atoms with E-state index in [9.17, 15) is 4.79 Å². The number of benzene rings is 3. The Bertz CT molecular complexity index is 934. The third-order valence-electron chi connectivity index (χ3n) is 3.98. The van der Waals surface area contributed by atoms with E-state index in [0.29, 0.717) is 17.8 Å². The van der Waals surface area contributed by atoms with Crippen molar-refractivity contribution in [2.24, 2.45) is 4.99 Å². The van der Waals surface area contributed by atoms with E-state index in [-0.39, 0.29) is 5.91 Å². The highest BCUT2D eigenvalue weighted by Crippen LogP contribution is 2.29. The number of rotatable bonds is 4. The fraction of sp³-hybridized carbons (Fsp3) is 0.100. The molecule has 0 aliphatic carbocycles. The molecule has 0 atom stereocenters. The Labute approximate surface area is 149 Å². The molecular formula is C20H17BrN2O. The van der Waals surface area contributed by atoms with Gasteiger partial charge in [0.1, 0.15) is 0 Å². The van der Waals surface area contributed by atoms with Crippen molar-refractivity contribution in [2.45, 2.75) is 13.3 Å². The number of hydrogen-bond donors (Lipinski definition) is 1. The lowest BCUT2D eigenvalue weighted by atomic mass is 10.0. The Morgan fingerprint density at radius 3 is 2.58 bits per heavy atom. The maximum absolute atomic E-state index is 12.5. The number of carbonyl (C=O) groups is 1. The third kappa shape index (κ3) is 3.24. The topological polar surface area (TPSA) is 41.5 Å². The highest BCUT2D eigenvalue weighted by molar-refractivity contribution is 9.10. The van der Waals surface area contributed by atoms with Crippen LogP contribution in [0.5, 0.6) is 0 Å². The molecule has 0 aliphatic rings. The van der Waals surface area contributed by atoms with E-state index in [2.05, 4.69) is 33.0 Å². The van der Waals surface area contributed by atoms with Crippen LogP contribution in [0.3, 0.4) is 0 Å². The van der Waals surface area contributed by atoms with Crippen LogP contribution in [0.25, 0.3) is 10.8 Å². The minimum Gasteiger partial charge on any atom is -0.324 e. The van der Waals surface area contributed by atoms with Crippen molar-refractivity contribution in [3.05, 3.63) is 70.2 Å². The second-order valence-corrected chi connectivity index (χ2v) is 6.46. The molecule has 3 aromatic rings. The molecule has 0 unspecified atom stereocenters. The van der Waals surface area contributed by atoms with Crippen molar-refractivity contribution in [2.75, 3.05) is 5.32 Å². The zero-order chi connectivity index (χ0) is 17.1. The summed E-state index contributed by atoms with van der Waals surface area (Å²) in [7, 11) is 0. The van der Waals surface area contributed by atoms with Gasteiger partial charge in [-0.15, -0.1) is 0 Å². The molecule has 3 rings (SSSR count). The van der Waals surface area contributed by atoms with E-state index in [1.54, 1.807) is 0 Å². The first-order valence-corrected chi connectivity index (χ1v) is 8.42. The maximum atomic E-state index is 12.5. The van der Waals surface area contributed by atoms with Gasteiger partial charge in [0.05, 0.1) is 17.8 Å². The molecule has 0 bridgehead atoms. The molecule has 1 N–H and O–H groups in total. The SMILES string of the molecule is C=Nc1c(C)cccc1NC(=O)Cc1ccc(Br)c2ccccc12. The Morgan fingerprint density at radius 1 is 1.08 bits per heavy atom. The van der Waals surface area contributed by atoms with Crippen LogP contribution in [-0.4, -0.2) is 12.6 Å². The minimum absolute atomic E-state index is 0.0713. The van der Waals surface area contributed by atoms with Crippen molar-refractivity contribution >= 4 is 50.7 Å². The molecule has 0 aromatic heterocycles. The molecule has 1 amide bonds. The van der Waals surface area contributed by atoms with Crippen LogP contribution in [0.1, 0.15) is 11.1 Å². The first-order chi connectivity index (χ1) is 11.6. The molecule has 0 heterocycles. The molecular weight excluding hydrogens is 364 g/mol. The van der Waals surface area contributed by atoms with Gasteiger partial charge in [-0.2, -0.15) is 0 Å². The Balaban J connectivity index is 1.88.